The lowest BCUT2D eigenvalue weighted by Gasteiger charge is -2.29. The lowest BCUT2D eigenvalue weighted by molar-refractivity contribution is -0.135. The predicted octanol–water partition coefficient (Wildman–Crippen LogP) is 1.88. The van der Waals surface area contributed by atoms with Crippen molar-refractivity contribution in [3.05, 3.63) is 23.8 Å². The van der Waals surface area contributed by atoms with E-state index in [1.54, 1.807) is 31.0 Å². The van der Waals surface area contributed by atoms with Crippen molar-refractivity contribution in [2.45, 2.75) is 38.8 Å². The number of phenols is 1. The number of aromatic hydroxyl groups is 1. The van der Waals surface area contributed by atoms with Crippen LogP contribution in [-0.4, -0.2) is 35.6 Å². The fourth-order valence-electron chi connectivity index (χ4n) is 2.24. The molecule has 1 atom stereocenters. The molecule has 0 aliphatic carbocycles. The van der Waals surface area contributed by atoms with Crippen molar-refractivity contribution >= 4 is 5.91 Å². The summed E-state index contributed by atoms with van der Waals surface area (Å²) in [6.45, 7) is 4.15. The number of nitrogens with zero attached hydrogens (tertiary/aromatic N) is 1. The zero-order chi connectivity index (χ0) is 15.3. The van der Waals surface area contributed by atoms with Gasteiger partial charge in [0.25, 0.3) is 0 Å². The maximum absolute atomic E-state index is 12.3. The lowest BCUT2D eigenvalue weighted by Crippen LogP contribution is -2.51. The second-order valence-corrected chi connectivity index (χ2v) is 5.33. The molecule has 5 nitrogen and oxygen atoms in total. The van der Waals surface area contributed by atoms with E-state index in [0.717, 1.165) is 12.0 Å². The molecule has 112 valence electrons. The molecular formula is C15H24N2O3. The first kappa shape index (κ1) is 16.3. The fraction of sp³-hybridized carbons (Fsp3) is 0.533. The van der Waals surface area contributed by atoms with Crippen molar-refractivity contribution in [2.24, 2.45) is 5.73 Å². The van der Waals surface area contributed by atoms with Crippen LogP contribution in [0.1, 0.15) is 32.3 Å². The van der Waals surface area contributed by atoms with Crippen LogP contribution in [0.15, 0.2) is 18.2 Å². The number of hydrogen-bond donors (Lipinski definition) is 2. The smallest absolute Gasteiger partial charge is 0.242 e. The van der Waals surface area contributed by atoms with Gasteiger partial charge in [-0.15, -0.1) is 0 Å². The van der Waals surface area contributed by atoms with Crippen LogP contribution in [0, 0.1) is 0 Å². The van der Waals surface area contributed by atoms with Gasteiger partial charge in [0.15, 0.2) is 11.5 Å². The van der Waals surface area contributed by atoms with Crippen LogP contribution in [0.4, 0.5) is 0 Å². The number of carbonyl (C=O) groups is 1. The Hall–Kier alpha value is -1.75. The second-order valence-electron chi connectivity index (χ2n) is 5.33. The van der Waals surface area contributed by atoms with E-state index in [1.807, 2.05) is 13.0 Å². The number of benzene rings is 1. The highest BCUT2D eigenvalue weighted by Crippen LogP contribution is 2.27. The van der Waals surface area contributed by atoms with Crippen LogP contribution in [0.3, 0.4) is 0 Å². The monoisotopic (exact) mass is 280 g/mol. The molecule has 0 fully saturated rings. The van der Waals surface area contributed by atoms with Gasteiger partial charge in [-0.3, -0.25) is 4.79 Å². The SMILES string of the molecule is CCCC(C)(N)C(=O)N(C)Cc1ccc(OC)c(O)c1. The summed E-state index contributed by atoms with van der Waals surface area (Å²) >= 11 is 0. The Morgan fingerprint density at radius 1 is 1.50 bits per heavy atom. The molecule has 0 saturated heterocycles. The molecule has 1 unspecified atom stereocenters. The summed E-state index contributed by atoms with van der Waals surface area (Å²) in [7, 11) is 3.21. The summed E-state index contributed by atoms with van der Waals surface area (Å²) in [5, 5.41) is 9.73. The summed E-state index contributed by atoms with van der Waals surface area (Å²) < 4.78 is 4.99. The van der Waals surface area contributed by atoms with Crippen molar-refractivity contribution in [3.8, 4) is 11.5 Å². The molecule has 5 heteroatoms. The topological polar surface area (TPSA) is 75.8 Å². The maximum Gasteiger partial charge on any atom is 0.242 e. The molecular weight excluding hydrogens is 256 g/mol. The van der Waals surface area contributed by atoms with E-state index in [4.69, 9.17) is 10.5 Å². The first-order valence-electron chi connectivity index (χ1n) is 6.72. The number of ether oxygens (including phenoxy) is 1. The first-order valence-corrected chi connectivity index (χ1v) is 6.72. The standard InChI is InChI=1S/C15H24N2O3/c1-5-8-15(2,16)14(19)17(3)10-11-6-7-13(20-4)12(18)9-11/h6-7,9,18H,5,8,10,16H2,1-4H3. The van der Waals surface area contributed by atoms with Gasteiger partial charge in [-0.25, -0.2) is 0 Å². The largest absolute Gasteiger partial charge is 0.504 e. The molecule has 0 aromatic heterocycles. The van der Waals surface area contributed by atoms with E-state index in [1.165, 1.54) is 7.11 Å². The minimum Gasteiger partial charge on any atom is -0.504 e. The van der Waals surface area contributed by atoms with Crippen LogP contribution in [0.2, 0.25) is 0 Å². The maximum atomic E-state index is 12.3. The highest BCUT2D eigenvalue weighted by atomic mass is 16.5. The minimum absolute atomic E-state index is 0.0647. The zero-order valence-electron chi connectivity index (χ0n) is 12.6. The quantitative estimate of drug-likeness (QED) is 0.834. The number of amides is 1. The predicted molar refractivity (Wildman–Crippen MR) is 78.6 cm³/mol. The molecule has 0 aliphatic heterocycles. The highest BCUT2D eigenvalue weighted by molar-refractivity contribution is 5.85. The average Bonchev–Trinajstić information content (AvgIpc) is 2.38. The Labute approximate surface area is 120 Å². The Balaban J connectivity index is 2.78. The van der Waals surface area contributed by atoms with Crippen molar-refractivity contribution in [1.29, 1.82) is 0 Å². The molecule has 0 spiro atoms. The number of nitrogens with two attached hydrogens (primary N) is 1. The zero-order valence-corrected chi connectivity index (χ0v) is 12.6. The number of phenolic OH excluding ortho intramolecular Hbond substituents is 1. The van der Waals surface area contributed by atoms with E-state index in [0.29, 0.717) is 18.7 Å². The Bertz CT molecular complexity index is 472. The Morgan fingerprint density at radius 3 is 2.65 bits per heavy atom. The van der Waals surface area contributed by atoms with Gasteiger partial charge in [0, 0.05) is 13.6 Å². The number of hydrogen-bond acceptors (Lipinski definition) is 4. The van der Waals surface area contributed by atoms with Gasteiger partial charge in [0.1, 0.15) is 0 Å². The van der Waals surface area contributed by atoms with Gasteiger partial charge in [-0.05, 0) is 31.0 Å². The van der Waals surface area contributed by atoms with Gasteiger partial charge < -0.3 is 20.5 Å². The molecule has 1 rings (SSSR count). The van der Waals surface area contributed by atoms with Crippen molar-refractivity contribution in [2.75, 3.05) is 14.2 Å². The molecule has 0 bridgehead atoms. The summed E-state index contributed by atoms with van der Waals surface area (Å²) in [6.07, 6.45) is 1.50. The summed E-state index contributed by atoms with van der Waals surface area (Å²) in [4.78, 5) is 13.9. The van der Waals surface area contributed by atoms with Gasteiger partial charge in [-0.2, -0.15) is 0 Å². The third kappa shape index (κ3) is 3.87. The summed E-state index contributed by atoms with van der Waals surface area (Å²) in [6, 6.07) is 5.09. The fourth-order valence-corrected chi connectivity index (χ4v) is 2.24. The van der Waals surface area contributed by atoms with Gasteiger partial charge in [0.2, 0.25) is 5.91 Å². The minimum atomic E-state index is -0.849. The number of rotatable bonds is 6. The Kier molecular flexibility index (Phi) is 5.39. The summed E-state index contributed by atoms with van der Waals surface area (Å²) in [5.41, 5.74) is 6.02. The number of methoxy groups -OCH3 is 1. The Morgan fingerprint density at radius 2 is 2.15 bits per heavy atom. The van der Waals surface area contributed by atoms with E-state index in [9.17, 15) is 9.90 Å². The highest BCUT2D eigenvalue weighted by Gasteiger charge is 2.30. The van der Waals surface area contributed by atoms with Gasteiger partial charge >= 0.3 is 0 Å². The lowest BCUT2D eigenvalue weighted by atomic mass is 9.95. The van der Waals surface area contributed by atoms with Crippen molar-refractivity contribution in [1.82, 2.24) is 4.90 Å². The normalized spacial score (nSPS) is 13.7. The molecule has 0 radical (unpaired) electrons. The average molecular weight is 280 g/mol. The molecule has 1 aromatic carbocycles. The summed E-state index contributed by atoms with van der Waals surface area (Å²) in [5.74, 6) is 0.377. The molecule has 1 amide bonds. The number of likely N-dealkylation sites (N-methyl/N-ethyl adjacent to an activating group) is 1. The molecule has 20 heavy (non-hydrogen) atoms. The number of carbonyl (C=O) groups excluding carboxylic acids is 1. The van der Waals surface area contributed by atoms with Crippen LogP contribution < -0.4 is 10.5 Å². The van der Waals surface area contributed by atoms with Gasteiger partial charge in [-0.1, -0.05) is 19.4 Å². The third-order valence-corrected chi connectivity index (χ3v) is 3.27. The molecule has 3 N–H and O–H groups in total. The molecule has 1 aromatic rings. The van der Waals surface area contributed by atoms with Crippen LogP contribution in [-0.2, 0) is 11.3 Å². The van der Waals surface area contributed by atoms with E-state index in [-0.39, 0.29) is 11.7 Å². The van der Waals surface area contributed by atoms with Crippen LogP contribution in [0.5, 0.6) is 11.5 Å². The van der Waals surface area contributed by atoms with Gasteiger partial charge in [0.05, 0.1) is 12.6 Å². The van der Waals surface area contributed by atoms with Crippen molar-refractivity contribution in [3.63, 3.8) is 0 Å². The first-order chi connectivity index (χ1) is 9.31. The van der Waals surface area contributed by atoms with E-state index < -0.39 is 5.54 Å². The molecule has 0 aliphatic rings. The van der Waals surface area contributed by atoms with Crippen LogP contribution in [0.25, 0.3) is 0 Å². The van der Waals surface area contributed by atoms with Crippen molar-refractivity contribution < 1.29 is 14.6 Å². The van der Waals surface area contributed by atoms with Crippen LogP contribution >= 0.6 is 0 Å². The molecule has 0 heterocycles. The second kappa shape index (κ2) is 6.61. The third-order valence-electron chi connectivity index (χ3n) is 3.27. The van der Waals surface area contributed by atoms with E-state index in [2.05, 4.69) is 0 Å². The molecule has 0 saturated carbocycles. The van der Waals surface area contributed by atoms with E-state index >= 15 is 0 Å².